The highest BCUT2D eigenvalue weighted by Crippen LogP contribution is 2.26. The monoisotopic (exact) mass is 264 g/mol. The highest BCUT2D eigenvalue weighted by Gasteiger charge is 2.26. The molecule has 0 saturated heterocycles. The zero-order valence-corrected chi connectivity index (χ0v) is 11.9. The van der Waals surface area contributed by atoms with Crippen molar-refractivity contribution in [3.05, 3.63) is 23.6 Å². The van der Waals surface area contributed by atoms with E-state index in [9.17, 15) is 5.26 Å². The average molecular weight is 264 g/mol. The maximum absolute atomic E-state index is 9.27. The zero-order valence-electron chi connectivity index (χ0n) is 11.9. The Kier molecular flexibility index (Phi) is 5.58. The van der Waals surface area contributed by atoms with Gasteiger partial charge in [-0.15, -0.1) is 0 Å². The van der Waals surface area contributed by atoms with Gasteiger partial charge in [-0.2, -0.15) is 10.3 Å². The maximum atomic E-state index is 9.27. The van der Waals surface area contributed by atoms with Gasteiger partial charge in [-0.3, -0.25) is 0 Å². The molecule has 1 unspecified atom stereocenters. The van der Waals surface area contributed by atoms with Gasteiger partial charge in [0.15, 0.2) is 0 Å². The molecule has 1 heterocycles. The molecule has 0 spiro atoms. The minimum Gasteiger partial charge on any atom is -0.478 e. The molecule has 5 heteroatoms. The summed E-state index contributed by atoms with van der Waals surface area (Å²) in [5, 5.41) is 9.27. The van der Waals surface area contributed by atoms with Gasteiger partial charge in [-0.05, 0) is 32.9 Å². The zero-order chi connectivity index (χ0) is 14.3. The van der Waals surface area contributed by atoms with Crippen molar-refractivity contribution in [1.29, 1.82) is 5.26 Å². The van der Waals surface area contributed by atoms with E-state index in [0.717, 1.165) is 0 Å². The smallest absolute Gasteiger partial charge is 0.230 e. The third kappa shape index (κ3) is 4.11. The van der Waals surface area contributed by atoms with Crippen LogP contribution in [0.4, 0.5) is 0 Å². The Bertz CT molecular complexity index is 446. The van der Waals surface area contributed by atoms with Crippen LogP contribution in [0, 0.1) is 11.3 Å². The minimum absolute atomic E-state index is 0.307. The van der Waals surface area contributed by atoms with Crippen LogP contribution in [0.15, 0.2) is 28.6 Å². The minimum atomic E-state index is -0.578. The van der Waals surface area contributed by atoms with Crippen LogP contribution in [0.2, 0.25) is 0 Å². The fraction of sp³-hybridized carbons (Fsp3) is 0.571. The first-order chi connectivity index (χ1) is 9.08. The fourth-order valence-corrected chi connectivity index (χ4v) is 1.65. The molecule has 0 aliphatic carbocycles. The highest BCUT2D eigenvalue weighted by atomic mass is 16.5. The van der Waals surface area contributed by atoms with E-state index < -0.39 is 5.60 Å². The number of rotatable bonds is 4. The summed E-state index contributed by atoms with van der Waals surface area (Å²) in [6.45, 7) is 6.56. The predicted molar refractivity (Wildman–Crippen MR) is 72.5 cm³/mol. The Balaban J connectivity index is 3.26. The molecule has 0 aromatic rings. The highest BCUT2D eigenvalue weighted by molar-refractivity contribution is 5.88. The van der Waals surface area contributed by atoms with Gasteiger partial charge in [0.2, 0.25) is 11.8 Å². The first-order valence-corrected chi connectivity index (χ1v) is 6.30. The van der Waals surface area contributed by atoms with Gasteiger partial charge >= 0.3 is 0 Å². The number of methoxy groups -OCH3 is 1. The number of hydrogen-bond acceptors (Lipinski definition) is 5. The molecule has 0 fully saturated rings. The van der Waals surface area contributed by atoms with E-state index in [4.69, 9.17) is 14.2 Å². The van der Waals surface area contributed by atoms with Gasteiger partial charge in [0.05, 0.1) is 24.4 Å². The Morgan fingerprint density at radius 1 is 1.37 bits per heavy atom. The van der Waals surface area contributed by atoms with E-state index in [-0.39, 0.29) is 0 Å². The summed E-state index contributed by atoms with van der Waals surface area (Å²) in [6.07, 6.45) is 4.01. The summed E-state index contributed by atoms with van der Waals surface area (Å²) in [4.78, 5) is 4.25. The van der Waals surface area contributed by atoms with Gasteiger partial charge < -0.3 is 14.2 Å². The van der Waals surface area contributed by atoms with Gasteiger partial charge in [-0.1, -0.05) is 0 Å². The van der Waals surface area contributed by atoms with Crippen molar-refractivity contribution >= 4 is 5.90 Å². The average Bonchev–Trinajstić information content (AvgIpc) is 2.40. The van der Waals surface area contributed by atoms with Crippen molar-refractivity contribution in [3.63, 3.8) is 0 Å². The number of nitrogens with zero attached hydrogens (tertiary/aromatic N) is 2. The number of hydrogen-bond donors (Lipinski definition) is 0. The second-order valence-corrected chi connectivity index (χ2v) is 4.24. The van der Waals surface area contributed by atoms with Crippen molar-refractivity contribution in [2.24, 2.45) is 4.99 Å². The molecule has 5 nitrogen and oxygen atoms in total. The quantitative estimate of drug-likeness (QED) is 0.782. The molecule has 1 atom stereocenters. The van der Waals surface area contributed by atoms with Crippen LogP contribution in [0.1, 0.15) is 27.2 Å². The maximum Gasteiger partial charge on any atom is 0.230 e. The molecule has 1 rings (SSSR count). The van der Waals surface area contributed by atoms with Crippen molar-refractivity contribution in [2.45, 2.75) is 32.8 Å². The SMILES string of the molecule is CCOC1=C(\C#N)CC(C)(OC)\C=C/C(OCC)=N\1. The number of ether oxygens (including phenoxy) is 3. The van der Waals surface area contributed by atoms with Crippen LogP contribution in [0.3, 0.4) is 0 Å². The molecule has 1 aliphatic heterocycles. The van der Waals surface area contributed by atoms with E-state index in [1.807, 2.05) is 26.8 Å². The summed E-state index contributed by atoms with van der Waals surface area (Å²) in [6, 6.07) is 2.14. The van der Waals surface area contributed by atoms with Crippen molar-refractivity contribution in [1.82, 2.24) is 0 Å². The fourth-order valence-electron chi connectivity index (χ4n) is 1.65. The second kappa shape index (κ2) is 6.95. The van der Waals surface area contributed by atoms with Crippen molar-refractivity contribution in [2.75, 3.05) is 20.3 Å². The van der Waals surface area contributed by atoms with E-state index in [2.05, 4.69) is 11.1 Å². The van der Waals surface area contributed by atoms with E-state index in [1.54, 1.807) is 13.2 Å². The Hall–Kier alpha value is -1.80. The predicted octanol–water partition coefficient (Wildman–Crippen LogP) is 2.56. The third-order valence-electron chi connectivity index (χ3n) is 2.75. The van der Waals surface area contributed by atoms with Crippen LogP contribution in [0.25, 0.3) is 0 Å². The molecule has 0 saturated carbocycles. The number of aliphatic imine (C=N–C) groups is 1. The van der Waals surface area contributed by atoms with Crippen LogP contribution < -0.4 is 0 Å². The molecule has 0 amide bonds. The molecule has 0 aromatic carbocycles. The molecular weight excluding hydrogens is 244 g/mol. The summed E-state index contributed by atoms with van der Waals surface area (Å²) < 4.78 is 16.3. The topological polar surface area (TPSA) is 63.8 Å². The Labute approximate surface area is 114 Å². The van der Waals surface area contributed by atoms with Gasteiger partial charge in [0.25, 0.3) is 0 Å². The van der Waals surface area contributed by atoms with Crippen molar-refractivity contribution in [3.8, 4) is 6.07 Å². The summed E-state index contributed by atoms with van der Waals surface area (Å²) in [7, 11) is 1.61. The first-order valence-electron chi connectivity index (χ1n) is 6.30. The standard InChI is InChI=1S/C14H20N2O3/c1-5-18-12-7-8-14(3,17-4)9-11(10-15)13(16-12)19-6-2/h7-8H,5-6,9H2,1-4H3/b8-7-,13-11-,16-12+. The van der Waals surface area contributed by atoms with Crippen LogP contribution in [0.5, 0.6) is 0 Å². The molecular formula is C14H20N2O3. The molecule has 0 radical (unpaired) electrons. The lowest BCUT2D eigenvalue weighted by Gasteiger charge is -2.25. The normalized spacial score (nSPS) is 31.4. The molecule has 1 aliphatic rings. The third-order valence-corrected chi connectivity index (χ3v) is 2.75. The van der Waals surface area contributed by atoms with Gasteiger partial charge in [-0.25, -0.2) is 0 Å². The van der Waals surface area contributed by atoms with Crippen molar-refractivity contribution < 1.29 is 14.2 Å². The van der Waals surface area contributed by atoms with Gasteiger partial charge in [0, 0.05) is 13.5 Å². The molecule has 104 valence electrons. The molecule has 0 N–H and O–H groups in total. The van der Waals surface area contributed by atoms with Crippen LogP contribution >= 0.6 is 0 Å². The van der Waals surface area contributed by atoms with Gasteiger partial charge in [0.1, 0.15) is 6.07 Å². The van der Waals surface area contributed by atoms with Crippen LogP contribution in [-0.2, 0) is 14.2 Å². The summed E-state index contributed by atoms with van der Waals surface area (Å²) in [5.74, 6) is 0.725. The van der Waals surface area contributed by atoms with E-state index in [1.165, 1.54) is 0 Å². The lowest BCUT2D eigenvalue weighted by atomic mass is 9.95. The van der Waals surface area contributed by atoms with E-state index in [0.29, 0.717) is 37.0 Å². The largest absolute Gasteiger partial charge is 0.478 e. The lowest BCUT2D eigenvalue weighted by molar-refractivity contribution is 0.0483. The molecule has 19 heavy (non-hydrogen) atoms. The summed E-state index contributed by atoms with van der Waals surface area (Å²) in [5.41, 5.74) is -0.126. The summed E-state index contributed by atoms with van der Waals surface area (Å²) >= 11 is 0. The van der Waals surface area contributed by atoms with E-state index >= 15 is 0 Å². The lowest BCUT2D eigenvalue weighted by Crippen LogP contribution is -2.27. The molecule has 0 aromatic heterocycles. The first kappa shape index (κ1) is 15.3. The Morgan fingerprint density at radius 2 is 2.05 bits per heavy atom. The van der Waals surface area contributed by atoms with Crippen LogP contribution in [-0.4, -0.2) is 31.8 Å². The molecule has 0 bridgehead atoms. The second-order valence-electron chi connectivity index (χ2n) is 4.24. The number of nitriles is 1. The Morgan fingerprint density at radius 3 is 2.58 bits per heavy atom.